The first-order valence-corrected chi connectivity index (χ1v) is 15.0. The van der Waals surface area contributed by atoms with E-state index in [2.05, 4.69) is 48.3 Å². The molecule has 3 N–H and O–H groups in total. The number of ether oxygens (including phenoxy) is 2. The van der Waals surface area contributed by atoms with Crippen LogP contribution in [0.1, 0.15) is 36.1 Å². The number of piperidine rings is 1. The van der Waals surface area contributed by atoms with E-state index < -0.39 is 11.6 Å². The van der Waals surface area contributed by atoms with Gasteiger partial charge in [-0.3, -0.25) is 24.3 Å². The Kier molecular flexibility index (Phi) is 11.0. The van der Waals surface area contributed by atoms with Gasteiger partial charge in [-0.25, -0.2) is 4.68 Å². The number of nitrogens with one attached hydrogen (secondary N) is 3. The van der Waals surface area contributed by atoms with E-state index >= 15 is 0 Å². The molecule has 0 saturated carbocycles. The summed E-state index contributed by atoms with van der Waals surface area (Å²) in [5, 5.41) is 17.3. The number of amides is 3. The van der Waals surface area contributed by atoms with Gasteiger partial charge < -0.3 is 25.4 Å². The summed E-state index contributed by atoms with van der Waals surface area (Å²) in [6.45, 7) is 3.65. The number of benzene rings is 1. The third-order valence-corrected chi connectivity index (χ3v) is 7.83. The van der Waals surface area contributed by atoms with Gasteiger partial charge in [0.05, 0.1) is 37.6 Å². The summed E-state index contributed by atoms with van der Waals surface area (Å²) in [5.74, 6) is -0.947. The summed E-state index contributed by atoms with van der Waals surface area (Å²) in [6.07, 6.45) is 6.59. The van der Waals surface area contributed by atoms with E-state index in [1.54, 1.807) is 23.3 Å². The number of carbonyl (C=O) groups excluding carboxylic acids is 3. The standard InChI is InChI=1S/C31H40N8O5/c40-28-18-31(8-12-38(13-9-31)20-24-5-2-1-3-6-24)35-29(41)23-44-16-15-43-14-11-33-30(42)27(34-28)17-26-22-39(37-36-26)21-25-7-4-10-32-19-25/h1-7,10,19,22,27H,8-9,11-18,20-21,23H2,(H,33,42)(H,34,40)(H,35,41)/t27-/m1/s1. The monoisotopic (exact) mass is 604 g/mol. The first kappa shape index (κ1) is 31.2. The first-order chi connectivity index (χ1) is 21.5. The molecule has 1 atom stereocenters. The molecule has 2 fully saturated rings. The number of rotatable bonds is 6. The van der Waals surface area contributed by atoms with Crippen LogP contribution in [0.3, 0.4) is 0 Å². The van der Waals surface area contributed by atoms with Gasteiger partial charge in [0.15, 0.2) is 0 Å². The van der Waals surface area contributed by atoms with Crippen LogP contribution in [-0.2, 0) is 43.4 Å². The van der Waals surface area contributed by atoms with Crippen LogP contribution >= 0.6 is 0 Å². The van der Waals surface area contributed by atoms with Crippen molar-refractivity contribution in [3.05, 3.63) is 77.9 Å². The zero-order valence-electron chi connectivity index (χ0n) is 24.8. The van der Waals surface area contributed by atoms with Gasteiger partial charge in [0.1, 0.15) is 12.6 Å². The molecule has 3 amide bonds. The van der Waals surface area contributed by atoms with E-state index in [9.17, 15) is 14.4 Å². The molecular formula is C31H40N8O5. The number of aromatic nitrogens is 4. The van der Waals surface area contributed by atoms with E-state index in [0.29, 0.717) is 44.8 Å². The highest BCUT2D eigenvalue weighted by Crippen LogP contribution is 2.27. The quantitative estimate of drug-likeness (QED) is 0.364. The molecule has 13 nitrogen and oxygen atoms in total. The van der Waals surface area contributed by atoms with Crippen molar-refractivity contribution in [2.24, 2.45) is 0 Å². The Morgan fingerprint density at radius 3 is 2.50 bits per heavy atom. The fraction of sp³-hybridized carbons (Fsp3) is 0.484. The van der Waals surface area contributed by atoms with Gasteiger partial charge in [-0.15, -0.1) is 5.10 Å². The molecule has 3 aromatic rings. The van der Waals surface area contributed by atoms with Crippen molar-refractivity contribution in [3.8, 4) is 0 Å². The van der Waals surface area contributed by atoms with Gasteiger partial charge in [-0.05, 0) is 30.0 Å². The molecule has 2 aliphatic heterocycles. The van der Waals surface area contributed by atoms with Crippen molar-refractivity contribution < 1.29 is 23.9 Å². The summed E-state index contributed by atoms with van der Waals surface area (Å²) in [5.41, 5.74) is 1.98. The van der Waals surface area contributed by atoms with Crippen LogP contribution < -0.4 is 16.0 Å². The van der Waals surface area contributed by atoms with Crippen molar-refractivity contribution in [2.45, 2.75) is 50.4 Å². The number of nitrogens with zero attached hydrogens (tertiary/aromatic N) is 5. The highest BCUT2D eigenvalue weighted by molar-refractivity contribution is 5.88. The molecule has 1 spiro atoms. The third kappa shape index (κ3) is 9.40. The Bertz CT molecular complexity index is 1360. The number of carbonyl (C=O) groups is 3. The lowest BCUT2D eigenvalue weighted by molar-refractivity contribution is -0.133. The maximum atomic E-state index is 13.6. The van der Waals surface area contributed by atoms with Crippen LogP contribution in [0.4, 0.5) is 0 Å². The zero-order chi connectivity index (χ0) is 30.6. The normalized spacial score (nSPS) is 20.9. The van der Waals surface area contributed by atoms with Gasteiger partial charge in [0, 0.05) is 57.6 Å². The lowest BCUT2D eigenvalue weighted by Gasteiger charge is -2.42. The summed E-state index contributed by atoms with van der Waals surface area (Å²) in [7, 11) is 0. The molecule has 4 heterocycles. The maximum Gasteiger partial charge on any atom is 0.246 e. The highest BCUT2D eigenvalue weighted by atomic mass is 16.5. The van der Waals surface area contributed by atoms with E-state index in [1.165, 1.54) is 5.56 Å². The molecule has 2 aromatic heterocycles. The molecule has 0 unspecified atom stereocenters. The van der Waals surface area contributed by atoms with Crippen molar-refractivity contribution in [1.29, 1.82) is 0 Å². The van der Waals surface area contributed by atoms with Crippen LogP contribution in [0.15, 0.2) is 61.1 Å². The Labute approximate surface area is 256 Å². The van der Waals surface area contributed by atoms with Gasteiger partial charge in [0.2, 0.25) is 17.7 Å². The van der Waals surface area contributed by atoms with Crippen molar-refractivity contribution in [3.63, 3.8) is 0 Å². The van der Waals surface area contributed by atoms with Crippen LogP contribution in [0.5, 0.6) is 0 Å². The Morgan fingerprint density at radius 1 is 0.909 bits per heavy atom. The van der Waals surface area contributed by atoms with Crippen molar-refractivity contribution in [1.82, 2.24) is 40.8 Å². The van der Waals surface area contributed by atoms with Crippen molar-refractivity contribution >= 4 is 17.7 Å². The number of pyridine rings is 1. The Hall–Kier alpha value is -4.20. The molecule has 0 radical (unpaired) electrons. The minimum absolute atomic E-state index is 0.0402. The fourth-order valence-electron chi connectivity index (χ4n) is 5.57. The Morgan fingerprint density at radius 2 is 1.70 bits per heavy atom. The summed E-state index contributed by atoms with van der Waals surface area (Å²) >= 11 is 0. The van der Waals surface area contributed by atoms with Crippen molar-refractivity contribution in [2.75, 3.05) is 46.1 Å². The molecule has 2 saturated heterocycles. The second-order valence-corrected chi connectivity index (χ2v) is 11.3. The largest absolute Gasteiger partial charge is 0.377 e. The molecule has 234 valence electrons. The minimum atomic E-state index is -0.881. The molecule has 44 heavy (non-hydrogen) atoms. The molecule has 0 aliphatic carbocycles. The SMILES string of the molecule is O=C1CC2(CCN(Cc3ccccc3)CC2)NC(=O)COCCOCCNC(=O)[C@@H](Cc2cn(Cc3cccnc3)nn2)N1. The number of hydrogen-bond acceptors (Lipinski definition) is 9. The lowest BCUT2D eigenvalue weighted by Crippen LogP contribution is -2.59. The first-order valence-electron chi connectivity index (χ1n) is 15.0. The molecule has 0 bridgehead atoms. The number of hydrogen-bond donors (Lipinski definition) is 3. The highest BCUT2D eigenvalue weighted by Gasteiger charge is 2.39. The van der Waals surface area contributed by atoms with Gasteiger partial charge in [0.25, 0.3) is 0 Å². The minimum Gasteiger partial charge on any atom is -0.377 e. The predicted octanol–water partition coefficient (Wildman–Crippen LogP) is 0.453. The summed E-state index contributed by atoms with van der Waals surface area (Å²) < 4.78 is 12.7. The molecule has 13 heteroatoms. The fourth-order valence-corrected chi connectivity index (χ4v) is 5.57. The average molecular weight is 605 g/mol. The molecule has 1 aromatic carbocycles. The topological polar surface area (TPSA) is 153 Å². The van der Waals surface area contributed by atoms with Crippen LogP contribution in [-0.4, -0.2) is 100 Å². The maximum absolute atomic E-state index is 13.6. The van der Waals surface area contributed by atoms with Gasteiger partial charge in [-0.2, -0.15) is 0 Å². The van der Waals surface area contributed by atoms with Gasteiger partial charge in [-0.1, -0.05) is 41.6 Å². The van der Waals surface area contributed by atoms with Crippen LogP contribution in [0.2, 0.25) is 0 Å². The second-order valence-electron chi connectivity index (χ2n) is 11.3. The Balaban J connectivity index is 1.27. The lowest BCUT2D eigenvalue weighted by atomic mass is 9.83. The summed E-state index contributed by atoms with van der Waals surface area (Å²) in [6, 6.07) is 13.1. The molecule has 5 rings (SSSR count). The van der Waals surface area contributed by atoms with E-state index in [0.717, 1.165) is 12.1 Å². The van der Waals surface area contributed by atoms with Crippen LogP contribution in [0, 0.1) is 0 Å². The number of likely N-dealkylation sites (tertiary alicyclic amines) is 1. The third-order valence-electron chi connectivity index (χ3n) is 7.83. The summed E-state index contributed by atoms with van der Waals surface area (Å²) in [4.78, 5) is 46.2. The second kappa shape index (κ2) is 15.5. The molecule has 2 aliphatic rings. The van der Waals surface area contributed by atoms with E-state index in [1.807, 2.05) is 30.3 Å². The smallest absolute Gasteiger partial charge is 0.246 e. The van der Waals surface area contributed by atoms with E-state index in [4.69, 9.17) is 9.47 Å². The predicted molar refractivity (Wildman–Crippen MR) is 160 cm³/mol. The van der Waals surface area contributed by atoms with Crippen LogP contribution in [0.25, 0.3) is 0 Å². The van der Waals surface area contributed by atoms with Gasteiger partial charge >= 0.3 is 0 Å². The van der Waals surface area contributed by atoms with E-state index in [-0.39, 0.29) is 56.9 Å². The zero-order valence-corrected chi connectivity index (χ0v) is 24.8. The molecular weight excluding hydrogens is 564 g/mol. The average Bonchev–Trinajstić information content (AvgIpc) is 3.46.